The largest absolute Gasteiger partial charge is 0.481 e. The van der Waals surface area contributed by atoms with Crippen LogP contribution in [-0.2, 0) is 9.53 Å². The lowest BCUT2D eigenvalue weighted by Gasteiger charge is -2.13. The van der Waals surface area contributed by atoms with E-state index in [1.807, 2.05) is 0 Å². The van der Waals surface area contributed by atoms with Gasteiger partial charge in [0.05, 0.1) is 18.4 Å². The standard InChI is InChI=1S/C22H19F2N3O5/c1-3-31-22(30)21-18(11-20(29)27(26-21)16-8-5-14(23)6-9-16)32-12-19(28)25-15-7-4-13(2)17(24)10-15/h4-11H,3,12H2,1-2H3,(H,25,28). The molecule has 0 aliphatic heterocycles. The Morgan fingerprint density at radius 1 is 1.09 bits per heavy atom. The van der Waals surface area contributed by atoms with Crippen LogP contribution in [0.3, 0.4) is 0 Å². The Bertz CT molecular complexity index is 1210. The van der Waals surface area contributed by atoms with Crippen LogP contribution in [0.2, 0.25) is 0 Å². The van der Waals surface area contributed by atoms with Gasteiger partial charge in [-0.1, -0.05) is 6.07 Å². The number of hydrogen-bond acceptors (Lipinski definition) is 6. The summed E-state index contributed by atoms with van der Waals surface area (Å²) in [6, 6.07) is 10.0. The molecule has 1 aromatic heterocycles. The zero-order valence-corrected chi connectivity index (χ0v) is 17.2. The summed E-state index contributed by atoms with van der Waals surface area (Å²) in [7, 11) is 0. The van der Waals surface area contributed by atoms with E-state index in [2.05, 4.69) is 10.4 Å². The van der Waals surface area contributed by atoms with Gasteiger partial charge in [-0.25, -0.2) is 13.6 Å². The van der Waals surface area contributed by atoms with Crippen LogP contribution in [0, 0.1) is 18.6 Å². The number of ether oxygens (including phenoxy) is 2. The minimum atomic E-state index is -0.876. The zero-order valence-electron chi connectivity index (χ0n) is 17.2. The number of esters is 1. The van der Waals surface area contributed by atoms with Crippen molar-refractivity contribution >= 4 is 17.6 Å². The summed E-state index contributed by atoms with van der Waals surface area (Å²) in [6.45, 7) is 2.63. The highest BCUT2D eigenvalue weighted by atomic mass is 19.1. The second kappa shape index (κ2) is 9.82. The molecule has 1 amide bonds. The Balaban J connectivity index is 1.84. The molecule has 0 spiro atoms. The Kier molecular flexibility index (Phi) is 6.93. The molecule has 32 heavy (non-hydrogen) atoms. The highest BCUT2D eigenvalue weighted by Crippen LogP contribution is 2.17. The van der Waals surface area contributed by atoms with E-state index < -0.39 is 35.7 Å². The minimum Gasteiger partial charge on any atom is -0.481 e. The SMILES string of the molecule is CCOC(=O)c1nn(-c2ccc(F)cc2)c(=O)cc1OCC(=O)Nc1ccc(C)c(F)c1. The van der Waals surface area contributed by atoms with Crippen molar-refractivity contribution in [3.8, 4) is 11.4 Å². The van der Waals surface area contributed by atoms with Gasteiger partial charge in [0.25, 0.3) is 11.5 Å². The van der Waals surface area contributed by atoms with Crippen LogP contribution >= 0.6 is 0 Å². The van der Waals surface area contributed by atoms with Crippen molar-refractivity contribution in [1.29, 1.82) is 0 Å². The molecule has 0 aliphatic carbocycles. The minimum absolute atomic E-state index is 0.0368. The number of rotatable bonds is 7. The molecule has 0 saturated heterocycles. The number of anilines is 1. The molecule has 1 N–H and O–H groups in total. The van der Waals surface area contributed by atoms with Gasteiger partial charge in [0, 0.05) is 5.69 Å². The van der Waals surface area contributed by atoms with Crippen molar-refractivity contribution in [1.82, 2.24) is 9.78 Å². The number of nitrogens with one attached hydrogen (secondary N) is 1. The normalized spacial score (nSPS) is 10.5. The first-order chi connectivity index (χ1) is 15.3. The van der Waals surface area contributed by atoms with Crippen LogP contribution in [-0.4, -0.2) is 34.9 Å². The maximum absolute atomic E-state index is 13.6. The second-order valence-corrected chi connectivity index (χ2v) is 6.60. The highest BCUT2D eigenvalue weighted by molar-refractivity contribution is 5.93. The van der Waals surface area contributed by atoms with Crippen LogP contribution in [0.15, 0.2) is 53.3 Å². The number of halogens is 2. The van der Waals surface area contributed by atoms with E-state index in [0.29, 0.717) is 5.56 Å². The molecule has 0 fully saturated rings. The number of benzene rings is 2. The molecular formula is C22H19F2N3O5. The van der Waals surface area contributed by atoms with Crippen LogP contribution < -0.4 is 15.6 Å². The Morgan fingerprint density at radius 3 is 2.47 bits per heavy atom. The average Bonchev–Trinajstić information content (AvgIpc) is 2.76. The topological polar surface area (TPSA) is 99.5 Å². The van der Waals surface area contributed by atoms with E-state index >= 15 is 0 Å². The maximum Gasteiger partial charge on any atom is 0.362 e. The number of hydrogen-bond donors (Lipinski definition) is 1. The van der Waals surface area contributed by atoms with Gasteiger partial charge in [-0.15, -0.1) is 0 Å². The number of amides is 1. The van der Waals surface area contributed by atoms with Gasteiger partial charge in [-0.05, 0) is 55.8 Å². The summed E-state index contributed by atoms with van der Waals surface area (Å²) in [5, 5.41) is 6.43. The van der Waals surface area contributed by atoms with E-state index in [1.165, 1.54) is 24.3 Å². The van der Waals surface area contributed by atoms with E-state index in [1.54, 1.807) is 13.8 Å². The molecule has 0 atom stereocenters. The number of aromatic nitrogens is 2. The molecule has 0 bridgehead atoms. The van der Waals surface area contributed by atoms with Crippen molar-refractivity contribution in [2.24, 2.45) is 0 Å². The van der Waals surface area contributed by atoms with Crippen LogP contribution in [0.4, 0.5) is 14.5 Å². The highest BCUT2D eigenvalue weighted by Gasteiger charge is 2.20. The third-order valence-corrected chi connectivity index (χ3v) is 4.25. The van der Waals surface area contributed by atoms with Crippen molar-refractivity contribution < 1.29 is 27.8 Å². The number of nitrogens with zero attached hydrogens (tertiary/aromatic N) is 2. The van der Waals surface area contributed by atoms with E-state index in [0.717, 1.165) is 28.9 Å². The molecule has 1 heterocycles. The monoisotopic (exact) mass is 443 g/mol. The summed E-state index contributed by atoms with van der Waals surface area (Å²) in [4.78, 5) is 37.0. The van der Waals surface area contributed by atoms with E-state index in [4.69, 9.17) is 9.47 Å². The quantitative estimate of drug-likeness (QED) is 0.564. The van der Waals surface area contributed by atoms with Gasteiger partial charge < -0.3 is 14.8 Å². The summed E-state index contributed by atoms with van der Waals surface area (Å²) in [5.41, 5.74) is -0.165. The summed E-state index contributed by atoms with van der Waals surface area (Å²) in [6.07, 6.45) is 0. The van der Waals surface area contributed by atoms with E-state index in [-0.39, 0.29) is 29.4 Å². The van der Waals surface area contributed by atoms with Crippen molar-refractivity contribution in [2.45, 2.75) is 13.8 Å². The Morgan fingerprint density at radius 2 is 1.81 bits per heavy atom. The Labute approximate surface area is 181 Å². The lowest BCUT2D eigenvalue weighted by atomic mass is 10.2. The molecule has 0 radical (unpaired) electrons. The molecule has 0 aliphatic rings. The van der Waals surface area contributed by atoms with Crippen LogP contribution in [0.25, 0.3) is 5.69 Å². The third kappa shape index (κ3) is 5.34. The average molecular weight is 443 g/mol. The van der Waals surface area contributed by atoms with Crippen LogP contribution in [0.1, 0.15) is 23.0 Å². The molecule has 3 aromatic rings. The number of carbonyl (C=O) groups excluding carboxylic acids is 2. The van der Waals surface area contributed by atoms with Crippen LogP contribution in [0.5, 0.6) is 5.75 Å². The molecule has 8 nitrogen and oxygen atoms in total. The first-order valence-corrected chi connectivity index (χ1v) is 9.54. The lowest BCUT2D eigenvalue weighted by molar-refractivity contribution is -0.118. The fourth-order valence-electron chi connectivity index (χ4n) is 2.67. The summed E-state index contributed by atoms with van der Waals surface area (Å²) >= 11 is 0. The van der Waals surface area contributed by atoms with Gasteiger partial charge >= 0.3 is 5.97 Å². The van der Waals surface area contributed by atoms with Crippen molar-refractivity contribution in [3.63, 3.8) is 0 Å². The van der Waals surface area contributed by atoms with Gasteiger partial charge in [0.1, 0.15) is 11.6 Å². The first-order valence-electron chi connectivity index (χ1n) is 9.54. The van der Waals surface area contributed by atoms with Gasteiger partial charge in [0.15, 0.2) is 12.4 Å². The molecule has 10 heteroatoms. The summed E-state index contributed by atoms with van der Waals surface area (Å²) in [5.74, 6) is -2.78. The van der Waals surface area contributed by atoms with Gasteiger partial charge in [0.2, 0.25) is 5.69 Å². The lowest BCUT2D eigenvalue weighted by Crippen LogP contribution is -2.27. The molecule has 3 rings (SSSR count). The number of carbonyl (C=O) groups is 2. The number of aryl methyl sites for hydroxylation is 1. The van der Waals surface area contributed by atoms with Crippen molar-refractivity contribution in [2.75, 3.05) is 18.5 Å². The van der Waals surface area contributed by atoms with E-state index in [9.17, 15) is 23.2 Å². The smallest absolute Gasteiger partial charge is 0.362 e. The first kappa shape index (κ1) is 22.6. The molecule has 0 saturated carbocycles. The third-order valence-electron chi connectivity index (χ3n) is 4.25. The second-order valence-electron chi connectivity index (χ2n) is 6.60. The molecule has 166 valence electrons. The zero-order chi connectivity index (χ0) is 23.3. The molecular weight excluding hydrogens is 424 g/mol. The summed E-state index contributed by atoms with van der Waals surface area (Å²) < 4.78 is 38.0. The Hall–Kier alpha value is -4.08. The van der Waals surface area contributed by atoms with Crippen molar-refractivity contribution in [3.05, 3.63) is 81.8 Å². The predicted molar refractivity (Wildman–Crippen MR) is 111 cm³/mol. The fraction of sp³-hybridized carbons (Fsp3) is 0.182. The molecule has 2 aromatic carbocycles. The fourth-order valence-corrected chi connectivity index (χ4v) is 2.67. The maximum atomic E-state index is 13.6. The predicted octanol–water partition coefficient (Wildman–Crippen LogP) is 3.01. The molecule has 0 unspecified atom stereocenters. The van der Waals surface area contributed by atoms with Gasteiger partial charge in [-0.2, -0.15) is 9.78 Å². The van der Waals surface area contributed by atoms with Gasteiger partial charge in [-0.3, -0.25) is 9.59 Å².